The molecule has 2 aromatic rings. The van der Waals surface area contributed by atoms with Crippen LogP contribution in [0.3, 0.4) is 0 Å². The molecule has 2 heterocycles. The van der Waals surface area contributed by atoms with Gasteiger partial charge in [0.1, 0.15) is 0 Å². The zero-order valence-corrected chi connectivity index (χ0v) is 19.4. The Morgan fingerprint density at radius 2 is 2.00 bits per heavy atom. The first-order chi connectivity index (χ1) is 15.5. The van der Waals surface area contributed by atoms with Gasteiger partial charge in [0.05, 0.1) is 11.4 Å². The van der Waals surface area contributed by atoms with E-state index in [9.17, 15) is 9.59 Å². The van der Waals surface area contributed by atoms with E-state index in [1.54, 1.807) is 0 Å². The predicted octanol–water partition coefficient (Wildman–Crippen LogP) is 4.38. The number of aromatic nitrogens is 1. The number of carbonyl (C=O) groups excluding carboxylic acids is 2. The number of fused-ring (bicyclic) bond motifs is 2. The van der Waals surface area contributed by atoms with Crippen LogP contribution in [0.2, 0.25) is 0 Å². The summed E-state index contributed by atoms with van der Waals surface area (Å²) in [5.41, 5.74) is 4.67. The van der Waals surface area contributed by atoms with Gasteiger partial charge in [0.2, 0.25) is 11.8 Å². The maximum Gasteiger partial charge on any atom is 0.231 e. The molecule has 3 aliphatic rings. The highest BCUT2D eigenvalue weighted by Crippen LogP contribution is 2.42. The molecule has 0 saturated heterocycles. The van der Waals surface area contributed by atoms with Gasteiger partial charge in [-0.05, 0) is 68.8 Å². The van der Waals surface area contributed by atoms with E-state index in [1.165, 1.54) is 22.1 Å². The summed E-state index contributed by atoms with van der Waals surface area (Å²) in [6.45, 7) is 6.30. The van der Waals surface area contributed by atoms with E-state index in [2.05, 4.69) is 54.6 Å². The maximum absolute atomic E-state index is 13.2. The quantitative estimate of drug-likeness (QED) is 0.660. The lowest BCUT2D eigenvalue weighted by Gasteiger charge is -2.40. The van der Waals surface area contributed by atoms with E-state index < -0.39 is 0 Å². The standard InChI is InChI=1S/C27H33N3O2/c1-4-29(5-2)27(32)20-14-22-21-11-8-12-23-26(21)19(15-24(22)28(3)16-20)17-30(23)25(31)13-18-9-6-7-10-18/h6,8-9,11-12,14,17-18,20,24H,4-5,7,10,13,15-16H2,1-3H3/t18?,20-,24-/m1/s1. The van der Waals surface area contributed by atoms with Crippen LogP contribution >= 0.6 is 0 Å². The summed E-state index contributed by atoms with van der Waals surface area (Å²) in [5.74, 6) is 0.626. The van der Waals surface area contributed by atoms with E-state index in [1.807, 2.05) is 23.3 Å². The fourth-order valence-electron chi connectivity index (χ4n) is 5.88. The van der Waals surface area contributed by atoms with Crippen LogP contribution < -0.4 is 0 Å². The van der Waals surface area contributed by atoms with E-state index in [-0.39, 0.29) is 23.8 Å². The molecule has 32 heavy (non-hydrogen) atoms. The fraction of sp³-hybridized carbons (Fsp3) is 0.481. The van der Waals surface area contributed by atoms with Gasteiger partial charge < -0.3 is 4.90 Å². The van der Waals surface area contributed by atoms with Crippen LogP contribution in [0.4, 0.5) is 0 Å². The lowest BCUT2D eigenvalue weighted by Crippen LogP contribution is -2.47. The second kappa shape index (κ2) is 8.36. The molecule has 5 rings (SSSR count). The van der Waals surface area contributed by atoms with E-state index >= 15 is 0 Å². The van der Waals surface area contributed by atoms with Crippen molar-refractivity contribution in [3.05, 3.63) is 53.8 Å². The van der Waals surface area contributed by atoms with Crippen molar-refractivity contribution in [3.63, 3.8) is 0 Å². The molecule has 0 radical (unpaired) electrons. The number of nitrogens with zero attached hydrogens (tertiary/aromatic N) is 3. The van der Waals surface area contributed by atoms with Gasteiger partial charge in [-0.2, -0.15) is 0 Å². The van der Waals surface area contributed by atoms with Crippen LogP contribution in [0.25, 0.3) is 16.5 Å². The van der Waals surface area contributed by atoms with Crippen LogP contribution in [-0.4, -0.2) is 58.9 Å². The summed E-state index contributed by atoms with van der Waals surface area (Å²) in [6.07, 6.45) is 12.3. The smallest absolute Gasteiger partial charge is 0.231 e. The van der Waals surface area contributed by atoms with Crippen molar-refractivity contribution in [1.29, 1.82) is 0 Å². The summed E-state index contributed by atoms with van der Waals surface area (Å²) in [7, 11) is 2.12. The van der Waals surface area contributed by atoms with Gasteiger partial charge in [-0.1, -0.05) is 30.4 Å². The topological polar surface area (TPSA) is 45.6 Å². The minimum Gasteiger partial charge on any atom is -0.343 e. The zero-order chi connectivity index (χ0) is 22.4. The molecule has 0 fully saturated rings. The minimum atomic E-state index is -0.124. The van der Waals surface area contributed by atoms with E-state index in [0.29, 0.717) is 12.3 Å². The summed E-state index contributed by atoms with van der Waals surface area (Å²) in [4.78, 5) is 30.6. The van der Waals surface area contributed by atoms with Crippen LogP contribution in [-0.2, 0) is 11.2 Å². The Morgan fingerprint density at radius 3 is 2.72 bits per heavy atom. The second-order valence-corrected chi connectivity index (χ2v) is 9.49. The zero-order valence-electron chi connectivity index (χ0n) is 19.4. The Bertz CT molecular complexity index is 1120. The highest BCUT2D eigenvalue weighted by Gasteiger charge is 2.37. The molecular weight excluding hydrogens is 398 g/mol. The monoisotopic (exact) mass is 431 g/mol. The van der Waals surface area contributed by atoms with Gasteiger partial charge >= 0.3 is 0 Å². The molecule has 0 saturated carbocycles. The third-order valence-corrected chi connectivity index (χ3v) is 7.60. The van der Waals surface area contributed by atoms with Crippen molar-refractivity contribution in [1.82, 2.24) is 14.4 Å². The number of allylic oxidation sites excluding steroid dienone is 2. The molecule has 1 amide bonds. The van der Waals surface area contributed by atoms with E-state index in [4.69, 9.17) is 0 Å². The Hall–Kier alpha value is -2.66. The normalized spacial score (nSPS) is 24.5. The summed E-state index contributed by atoms with van der Waals surface area (Å²) in [6, 6.07) is 6.53. The van der Waals surface area contributed by atoms with Crippen molar-refractivity contribution < 1.29 is 9.59 Å². The van der Waals surface area contributed by atoms with Crippen LogP contribution in [0.15, 0.2) is 42.6 Å². The number of hydrogen-bond donors (Lipinski definition) is 0. The van der Waals surface area contributed by atoms with Crippen LogP contribution in [0.1, 0.15) is 49.0 Å². The van der Waals surface area contributed by atoms with Crippen molar-refractivity contribution in [2.45, 2.75) is 45.6 Å². The van der Waals surface area contributed by atoms with Gasteiger partial charge in [0.15, 0.2) is 0 Å². The minimum absolute atomic E-state index is 0.124. The molecule has 0 bridgehead atoms. The Morgan fingerprint density at radius 1 is 1.19 bits per heavy atom. The van der Waals surface area contributed by atoms with Crippen molar-refractivity contribution in [2.75, 3.05) is 26.7 Å². The molecular formula is C27H33N3O2. The van der Waals surface area contributed by atoms with Gasteiger partial charge in [-0.25, -0.2) is 0 Å². The summed E-state index contributed by atoms with van der Waals surface area (Å²) in [5, 5.41) is 1.19. The largest absolute Gasteiger partial charge is 0.343 e. The van der Waals surface area contributed by atoms with Crippen LogP contribution in [0.5, 0.6) is 0 Å². The number of hydrogen-bond acceptors (Lipinski definition) is 3. The Kier molecular flexibility index (Phi) is 5.54. The third-order valence-electron chi connectivity index (χ3n) is 7.60. The average Bonchev–Trinajstić information content (AvgIpc) is 3.44. The number of amides is 1. The lowest BCUT2D eigenvalue weighted by molar-refractivity contribution is -0.134. The molecule has 5 nitrogen and oxygen atoms in total. The first-order valence-electron chi connectivity index (χ1n) is 12.1. The Balaban J connectivity index is 1.54. The van der Waals surface area contributed by atoms with Gasteiger partial charge in [-0.3, -0.25) is 19.1 Å². The molecule has 0 spiro atoms. The molecule has 0 N–H and O–H groups in total. The lowest BCUT2D eigenvalue weighted by atomic mass is 9.79. The van der Waals surface area contributed by atoms with E-state index in [0.717, 1.165) is 44.4 Å². The summed E-state index contributed by atoms with van der Waals surface area (Å²) >= 11 is 0. The van der Waals surface area contributed by atoms with Gasteiger partial charge in [-0.15, -0.1) is 0 Å². The number of carbonyl (C=O) groups is 2. The highest BCUT2D eigenvalue weighted by atomic mass is 16.2. The molecule has 168 valence electrons. The molecule has 1 aliphatic heterocycles. The number of likely N-dealkylation sites (N-methyl/N-ethyl adjacent to an activating group) is 1. The van der Waals surface area contributed by atoms with Gasteiger partial charge in [0.25, 0.3) is 0 Å². The second-order valence-electron chi connectivity index (χ2n) is 9.49. The van der Waals surface area contributed by atoms with Crippen molar-refractivity contribution in [2.24, 2.45) is 11.8 Å². The van der Waals surface area contributed by atoms with Crippen molar-refractivity contribution in [3.8, 4) is 0 Å². The molecule has 1 aromatic carbocycles. The SMILES string of the molecule is CCN(CC)C(=O)[C@@H]1C=C2c3cccc4c3c(cn4C(=O)CC3C=CCC3)C[C@H]2N(C)C1. The molecule has 2 aliphatic carbocycles. The van der Waals surface area contributed by atoms with Crippen LogP contribution in [0, 0.1) is 11.8 Å². The fourth-order valence-corrected chi connectivity index (χ4v) is 5.88. The van der Waals surface area contributed by atoms with Crippen molar-refractivity contribution >= 4 is 28.3 Å². The first-order valence-corrected chi connectivity index (χ1v) is 12.1. The predicted molar refractivity (Wildman–Crippen MR) is 129 cm³/mol. The third kappa shape index (κ3) is 3.43. The maximum atomic E-state index is 13.2. The van der Waals surface area contributed by atoms with Gasteiger partial charge in [0, 0.05) is 43.7 Å². The molecule has 1 unspecified atom stereocenters. The number of benzene rings is 1. The summed E-state index contributed by atoms with van der Waals surface area (Å²) < 4.78 is 1.89. The average molecular weight is 432 g/mol. The molecule has 1 aromatic heterocycles. The highest BCUT2D eigenvalue weighted by molar-refractivity contribution is 6.03. The molecule has 3 atom stereocenters. The Labute approximate surface area is 190 Å². The number of rotatable bonds is 5. The molecule has 5 heteroatoms. The first kappa shape index (κ1) is 21.2.